The minimum atomic E-state index is -0.0566. The van der Waals surface area contributed by atoms with Gasteiger partial charge in [-0.1, -0.05) is 85.8 Å². The maximum atomic E-state index is 12.4. The van der Waals surface area contributed by atoms with Crippen molar-refractivity contribution in [3.63, 3.8) is 0 Å². The summed E-state index contributed by atoms with van der Waals surface area (Å²) in [7, 11) is 0. The molecule has 0 unspecified atom stereocenters. The van der Waals surface area contributed by atoms with Crippen molar-refractivity contribution in [2.75, 3.05) is 0 Å². The number of hydrogen-bond donors (Lipinski definition) is 0. The average molecular weight is 459 g/mol. The molecule has 0 fully saturated rings. The number of rotatable bonds is 1. The summed E-state index contributed by atoms with van der Waals surface area (Å²) < 4.78 is 0. The van der Waals surface area contributed by atoms with E-state index >= 15 is 0 Å². The van der Waals surface area contributed by atoms with E-state index in [0.29, 0.717) is 44.5 Å². The summed E-state index contributed by atoms with van der Waals surface area (Å²) in [5.41, 5.74) is 6.13. The molecule has 4 aromatic rings. The maximum absolute atomic E-state index is 12.4. The van der Waals surface area contributed by atoms with E-state index in [0.717, 1.165) is 17.5 Å². The maximum Gasteiger partial charge on any atom is 0.194 e. The van der Waals surface area contributed by atoms with Gasteiger partial charge in [0.15, 0.2) is 23.1 Å². The van der Waals surface area contributed by atoms with Gasteiger partial charge in [-0.05, 0) is 30.5 Å². The molecule has 0 amide bonds. The highest BCUT2D eigenvalue weighted by molar-refractivity contribution is 6.29. The molecule has 0 N–H and O–H groups in total. The molecule has 2 aliphatic rings. The fourth-order valence-electron chi connectivity index (χ4n) is 4.68. The van der Waals surface area contributed by atoms with E-state index in [9.17, 15) is 19.2 Å². The Morgan fingerprint density at radius 2 is 0.943 bits per heavy atom. The van der Waals surface area contributed by atoms with Gasteiger partial charge in [0, 0.05) is 44.5 Å². The molecule has 4 heteroatoms. The Hall–Kier alpha value is -4.44. The van der Waals surface area contributed by atoms with Crippen LogP contribution >= 0.6 is 0 Å². The fraction of sp³-hybridized carbons (Fsp3) is 0.0968. The van der Waals surface area contributed by atoms with Gasteiger partial charge in [-0.15, -0.1) is 0 Å². The highest BCUT2D eigenvalue weighted by Crippen LogP contribution is 2.29. The summed E-state index contributed by atoms with van der Waals surface area (Å²) in [5, 5.41) is 0. The standard InChI is InChI=1S/C16H12O2.C15H10O2/c1-2-10-7-8-13-14(9-10)16(18)12-6-4-3-5-11(12)15(13)17;1-9-5-4-8-12-13(9)15(17)11-7-3-2-6-10(11)14(12)16/h3-9H,2H2,1H3;2-8H,1H3. The van der Waals surface area contributed by atoms with E-state index in [1.54, 1.807) is 60.7 Å². The zero-order valence-electron chi connectivity index (χ0n) is 19.4. The molecule has 0 spiro atoms. The van der Waals surface area contributed by atoms with Crippen molar-refractivity contribution in [1.82, 2.24) is 0 Å². The van der Waals surface area contributed by atoms with Crippen LogP contribution in [0.1, 0.15) is 81.7 Å². The second-order valence-corrected chi connectivity index (χ2v) is 8.64. The molecule has 35 heavy (non-hydrogen) atoms. The Morgan fingerprint density at radius 3 is 1.51 bits per heavy atom. The first-order valence-electron chi connectivity index (χ1n) is 11.5. The molecule has 6 rings (SSSR count). The van der Waals surface area contributed by atoms with Gasteiger partial charge in [0.2, 0.25) is 0 Å². The molecule has 0 saturated carbocycles. The third-order valence-electron chi connectivity index (χ3n) is 6.56. The monoisotopic (exact) mass is 458 g/mol. The van der Waals surface area contributed by atoms with Crippen LogP contribution in [0.15, 0.2) is 84.9 Å². The molecule has 0 saturated heterocycles. The summed E-state index contributed by atoms with van der Waals surface area (Å²) >= 11 is 0. The van der Waals surface area contributed by atoms with Crippen LogP contribution in [0.2, 0.25) is 0 Å². The second-order valence-electron chi connectivity index (χ2n) is 8.64. The molecule has 0 aromatic heterocycles. The predicted molar refractivity (Wildman–Crippen MR) is 134 cm³/mol. The molecule has 4 nitrogen and oxygen atoms in total. The molecule has 4 aromatic carbocycles. The molecular formula is C31H22O4. The minimum Gasteiger partial charge on any atom is -0.289 e. The normalized spacial score (nSPS) is 13.2. The summed E-state index contributed by atoms with van der Waals surface area (Å²) in [6.45, 7) is 3.89. The van der Waals surface area contributed by atoms with Gasteiger partial charge in [-0.3, -0.25) is 19.2 Å². The molecule has 0 radical (unpaired) electrons. The smallest absolute Gasteiger partial charge is 0.194 e. The number of carbonyl (C=O) groups excluding carboxylic acids is 4. The zero-order chi connectivity index (χ0) is 24.7. The Balaban J connectivity index is 0.000000145. The first kappa shape index (κ1) is 22.4. The quantitative estimate of drug-likeness (QED) is 0.313. The number of ketones is 4. The summed E-state index contributed by atoms with van der Waals surface area (Å²) in [6, 6.07) is 24.9. The SMILES string of the molecule is CCc1ccc2c(c1)C(=O)c1ccccc1C2=O.Cc1cccc2c1C(=O)c1ccccc1C2=O. The number of benzene rings is 4. The van der Waals surface area contributed by atoms with E-state index in [1.807, 2.05) is 38.1 Å². The van der Waals surface area contributed by atoms with Crippen molar-refractivity contribution in [2.24, 2.45) is 0 Å². The number of aryl methyl sites for hydroxylation is 2. The first-order chi connectivity index (χ1) is 16.9. The summed E-state index contributed by atoms with van der Waals surface area (Å²) in [6.07, 6.45) is 0.858. The molecule has 170 valence electrons. The third kappa shape index (κ3) is 3.64. The fourth-order valence-corrected chi connectivity index (χ4v) is 4.68. The number of hydrogen-bond acceptors (Lipinski definition) is 4. The van der Waals surface area contributed by atoms with Gasteiger partial charge in [-0.25, -0.2) is 0 Å². The van der Waals surface area contributed by atoms with Crippen LogP contribution in [0.4, 0.5) is 0 Å². The summed E-state index contributed by atoms with van der Waals surface area (Å²) in [4.78, 5) is 49.2. The number of fused-ring (bicyclic) bond motifs is 4. The lowest BCUT2D eigenvalue weighted by molar-refractivity contribution is 0.0978. The van der Waals surface area contributed by atoms with Gasteiger partial charge in [0.1, 0.15) is 0 Å². The highest BCUT2D eigenvalue weighted by atomic mass is 16.1. The van der Waals surface area contributed by atoms with Crippen LogP contribution in [-0.2, 0) is 6.42 Å². The van der Waals surface area contributed by atoms with Crippen LogP contribution in [0.25, 0.3) is 0 Å². The lowest BCUT2D eigenvalue weighted by Crippen LogP contribution is -2.21. The van der Waals surface area contributed by atoms with E-state index in [-0.39, 0.29) is 23.1 Å². The molecular weight excluding hydrogens is 436 g/mol. The van der Waals surface area contributed by atoms with E-state index in [2.05, 4.69) is 0 Å². The lowest BCUT2D eigenvalue weighted by Gasteiger charge is -2.18. The second kappa shape index (κ2) is 8.73. The highest BCUT2D eigenvalue weighted by Gasteiger charge is 2.30. The van der Waals surface area contributed by atoms with Crippen molar-refractivity contribution in [1.29, 1.82) is 0 Å². The molecule has 2 aliphatic carbocycles. The van der Waals surface area contributed by atoms with E-state index in [4.69, 9.17) is 0 Å². The average Bonchev–Trinajstić information content (AvgIpc) is 2.90. The minimum absolute atomic E-state index is 0.0458. The van der Waals surface area contributed by atoms with Gasteiger partial charge in [0.25, 0.3) is 0 Å². The number of carbonyl (C=O) groups is 4. The Morgan fingerprint density at radius 1 is 0.486 bits per heavy atom. The third-order valence-corrected chi connectivity index (χ3v) is 6.56. The topological polar surface area (TPSA) is 68.3 Å². The van der Waals surface area contributed by atoms with Crippen LogP contribution < -0.4 is 0 Å². The van der Waals surface area contributed by atoms with Crippen molar-refractivity contribution in [3.8, 4) is 0 Å². The van der Waals surface area contributed by atoms with Crippen LogP contribution in [0, 0.1) is 6.92 Å². The van der Waals surface area contributed by atoms with Gasteiger partial charge < -0.3 is 0 Å². The molecule has 0 heterocycles. The molecule has 0 bridgehead atoms. The van der Waals surface area contributed by atoms with Crippen molar-refractivity contribution < 1.29 is 19.2 Å². The zero-order valence-corrected chi connectivity index (χ0v) is 19.4. The Labute approximate surface area is 203 Å². The van der Waals surface area contributed by atoms with E-state index < -0.39 is 0 Å². The summed E-state index contributed by atoms with van der Waals surface area (Å²) in [5.74, 6) is -0.203. The molecule has 0 aliphatic heterocycles. The van der Waals surface area contributed by atoms with Gasteiger partial charge in [-0.2, -0.15) is 0 Å². The van der Waals surface area contributed by atoms with Crippen molar-refractivity contribution in [3.05, 3.63) is 141 Å². The first-order valence-corrected chi connectivity index (χ1v) is 11.5. The van der Waals surface area contributed by atoms with Crippen molar-refractivity contribution >= 4 is 23.1 Å². The van der Waals surface area contributed by atoms with Crippen molar-refractivity contribution in [2.45, 2.75) is 20.3 Å². The largest absolute Gasteiger partial charge is 0.289 e. The lowest BCUT2D eigenvalue weighted by atomic mass is 9.82. The Kier molecular flexibility index (Phi) is 5.58. The van der Waals surface area contributed by atoms with Gasteiger partial charge >= 0.3 is 0 Å². The predicted octanol–water partition coefficient (Wildman–Crippen LogP) is 5.79. The van der Waals surface area contributed by atoms with E-state index in [1.165, 1.54) is 0 Å². The van der Waals surface area contributed by atoms with Crippen LogP contribution in [0.5, 0.6) is 0 Å². The van der Waals surface area contributed by atoms with Gasteiger partial charge in [0.05, 0.1) is 0 Å². The molecule has 0 atom stereocenters. The van der Waals surface area contributed by atoms with Crippen LogP contribution in [-0.4, -0.2) is 23.1 Å². The Bertz CT molecular complexity index is 1560. The van der Waals surface area contributed by atoms with Crippen LogP contribution in [0.3, 0.4) is 0 Å².